The number of nitrogens with one attached hydrogen (secondary N) is 1. The first kappa shape index (κ1) is 25.7. The Hall–Kier alpha value is -3.96. The minimum absolute atomic E-state index is 0.0729. The van der Waals surface area contributed by atoms with Crippen molar-refractivity contribution in [3.8, 4) is 28.8 Å². The summed E-state index contributed by atoms with van der Waals surface area (Å²) in [6.07, 6.45) is 5.60. The first-order chi connectivity index (χ1) is 17.1. The predicted molar refractivity (Wildman–Crippen MR) is 132 cm³/mol. The number of methoxy groups -OCH3 is 1. The number of nitrogens with zero attached hydrogens (tertiary/aromatic N) is 3. The number of carbonyl (C=O) groups is 1. The van der Waals surface area contributed by atoms with Crippen molar-refractivity contribution in [2.24, 2.45) is 0 Å². The van der Waals surface area contributed by atoms with Crippen LogP contribution in [0.5, 0.6) is 5.75 Å². The van der Waals surface area contributed by atoms with Crippen LogP contribution in [0.15, 0.2) is 60.3 Å². The summed E-state index contributed by atoms with van der Waals surface area (Å²) in [5.74, 6) is -0.818. The SMILES string of the molecule is CCCCOc1ccc(-c2nn(-c3ccccc3)cc2/C=C(/C#N)C(=O)NCCCOC)cc1F. The zero-order valence-corrected chi connectivity index (χ0v) is 20.0. The number of carbonyl (C=O) groups excluding carboxylic acids is 1. The second-order valence-electron chi connectivity index (χ2n) is 7.83. The smallest absolute Gasteiger partial charge is 0.261 e. The Morgan fingerprint density at radius 3 is 2.69 bits per heavy atom. The number of halogens is 1. The fraction of sp³-hybridized carbons (Fsp3) is 0.296. The van der Waals surface area contributed by atoms with Crippen LogP contribution in [0.3, 0.4) is 0 Å². The quantitative estimate of drug-likeness (QED) is 0.228. The third-order valence-electron chi connectivity index (χ3n) is 5.20. The number of nitriles is 1. The number of amides is 1. The van der Waals surface area contributed by atoms with E-state index in [1.54, 1.807) is 30.1 Å². The molecule has 3 rings (SSSR count). The van der Waals surface area contributed by atoms with Crippen molar-refractivity contribution in [2.45, 2.75) is 26.2 Å². The zero-order valence-electron chi connectivity index (χ0n) is 20.0. The summed E-state index contributed by atoms with van der Waals surface area (Å²) in [6, 6.07) is 16.0. The molecular weight excluding hydrogens is 447 g/mol. The Labute approximate surface area is 204 Å². The third kappa shape index (κ3) is 7.01. The van der Waals surface area contributed by atoms with Crippen LogP contribution >= 0.6 is 0 Å². The molecule has 0 aliphatic rings. The average molecular weight is 477 g/mol. The maximum absolute atomic E-state index is 14.8. The van der Waals surface area contributed by atoms with E-state index in [4.69, 9.17) is 9.47 Å². The number of ether oxygens (including phenoxy) is 2. The molecule has 1 amide bonds. The van der Waals surface area contributed by atoms with Gasteiger partial charge in [-0.2, -0.15) is 10.4 Å². The van der Waals surface area contributed by atoms with Crippen molar-refractivity contribution in [3.63, 3.8) is 0 Å². The van der Waals surface area contributed by atoms with Crippen molar-refractivity contribution < 1.29 is 18.7 Å². The topological polar surface area (TPSA) is 89.2 Å². The molecule has 0 bridgehead atoms. The Kier molecular flexibility index (Phi) is 9.58. The van der Waals surface area contributed by atoms with E-state index in [0.29, 0.717) is 43.0 Å². The molecule has 8 heteroatoms. The Bertz CT molecular complexity index is 1200. The highest BCUT2D eigenvalue weighted by Gasteiger charge is 2.16. The van der Waals surface area contributed by atoms with Gasteiger partial charge in [-0.05, 0) is 49.2 Å². The van der Waals surface area contributed by atoms with Crippen molar-refractivity contribution >= 4 is 12.0 Å². The lowest BCUT2D eigenvalue weighted by atomic mass is 10.1. The van der Waals surface area contributed by atoms with Gasteiger partial charge < -0.3 is 14.8 Å². The van der Waals surface area contributed by atoms with Gasteiger partial charge in [-0.15, -0.1) is 0 Å². The van der Waals surface area contributed by atoms with E-state index in [1.807, 2.05) is 43.3 Å². The zero-order chi connectivity index (χ0) is 25.0. The van der Waals surface area contributed by atoms with E-state index in [0.717, 1.165) is 18.5 Å². The van der Waals surface area contributed by atoms with Crippen molar-refractivity contribution in [3.05, 3.63) is 71.7 Å². The minimum atomic E-state index is -0.501. The molecule has 0 saturated heterocycles. The standard InChI is InChI=1S/C27H29FN4O3/c1-3-4-15-35-25-12-11-20(17-24(25)28)26-22(19-32(31-26)23-9-6-5-7-10-23)16-21(18-29)27(33)30-13-8-14-34-2/h5-7,9-12,16-17,19H,3-4,8,13-15H2,1-2H3,(H,30,33)/b21-16-. The first-order valence-electron chi connectivity index (χ1n) is 11.5. The molecule has 0 atom stereocenters. The van der Waals surface area contributed by atoms with Gasteiger partial charge >= 0.3 is 0 Å². The molecule has 3 aromatic rings. The van der Waals surface area contributed by atoms with E-state index in [1.165, 1.54) is 12.1 Å². The van der Waals surface area contributed by atoms with Crippen LogP contribution in [0.25, 0.3) is 23.0 Å². The number of para-hydroxylation sites is 1. The normalized spacial score (nSPS) is 11.2. The Morgan fingerprint density at radius 2 is 2.00 bits per heavy atom. The highest BCUT2D eigenvalue weighted by atomic mass is 19.1. The van der Waals surface area contributed by atoms with Crippen LogP contribution in [0.1, 0.15) is 31.7 Å². The molecule has 182 valence electrons. The number of benzene rings is 2. The molecule has 35 heavy (non-hydrogen) atoms. The maximum Gasteiger partial charge on any atom is 0.261 e. The lowest BCUT2D eigenvalue weighted by Crippen LogP contribution is -2.26. The van der Waals surface area contributed by atoms with Gasteiger partial charge in [-0.25, -0.2) is 9.07 Å². The van der Waals surface area contributed by atoms with E-state index in [-0.39, 0.29) is 11.3 Å². The molecule has 0 aliphatic carbocycles. The van der Waals surface area contributed by atoms with Crippen molar-refractivity contribution in [2.75, 3.05) is 26.9 Å². The highest BCUT2D eigenvalue weighted by molar-refractivity contribution is 6.02. The minimum Gasteiger partial charge on any atom is -0.491 e. The van der Waals surface area contributed by atoms with Crippen LogP contribution in [-0.2, 0) is 9.53 Å². The van der Waals surface area contributed by atoms with Gasteiger partial charge in [0.1, 0.15) is 17.3 Å². The summed E-state index contributed by atoms with van der Waals surface area (Å²) in [5.41, 5.74) is 2.17. The first-order valence-corrected chi connectivity index (χ1v) is 11.5. The number of hydrogen-bond donors (Lipinski definition) is 1. The fourth-order valence-corrected chi connectivity index (χ4v) is 3.34. The fourth-order valence-electron chi connectivity index (χ4n) is 3.34. The summed E-state index contributed by atoms with van der Waals surface area (Å²) < 4.78 is 26.9. The Morgan fingerprint density at radius 1 is 1.20 bits per heavy atom. The van der Waals surface area contributed by atoms with Crippen LogP contribution in [0, 0.1) is 17.1 Å². The lowest BCUT2D eigenvalue weighted by molar-refractivity contribution is -0.117. The van der Waals surface area contributed by atoms with E-state index in [2.05, 4.69) is 10.4 Å². The molecule has 0 aliphatic heterocycles. The number of unbranched alkanes of at least 4 members (excludes halogenated alkanes) is 1. The maximum atomic E-state index is 14.8. The predicted octanol–water partition coefficient (Wildman–Crippen LogP) is 4.92. The van der Waals surface area contributed by atoms with Gasteiger partial charge in [-0.3, -0.25) is 4.79 Å². The molecule has 0 spiro atoms. The lowest BCUT2D eigenvalue weighted by Gasteiger charge is -2.08. The van der Waals surface area contributed by atoms with Crippen LogP contribution in [0.4, 0.5) is 4.39 Å². The molecule has 2 aromatic carbocycles. The van der Waals surface area contributed by atoms with Gasteiger partial charge in [0.2, 0.25) is 0 Å². The van der Waals surface area contributed by atoms with Crippen molar-refractivity contribution in [1.29, 1.82) is 5.26 Å². The van der Waals surface area contributed by atoms with Crippen LogP contribution in [-0.4, -0.2) is 42.6 Å². The molecule has 1 heterocycles. The summed E-state index contributed by atoms with van der Waals surface area (Å²) in [4.78, 5) is 12.5. The third-order valence-corrected chi connectivity index (χ3v) is 5.20. The molecule has 0 radical (unpaired) electrons. The molecule has 0 unspecified atom stereocenters. The summed E-state index contributed by atoms with van der Waals surface area (Å²) in [7, 11) is 1.58. The van der Waals surface area contributed by atoms with Gasteiger partial charge in [0.05, 0.1) is 12.3 Å². The second kappa shape index (κ2) is 13.1. The number of hydrogen-bond acceptors (Lipinski definition) is 5. The molecular formula is C27H29FN4O3. The van der Waals surface area contributed by atoms with Gasteiger partial charge in [0.25, 0.3) is 5.91 Å². The highest BCUT2D eigenvalue weighted by Crippen LogP contribution is 2.29. The molecule has 0 fully saturated rings. The van der Waals surface area contributed by atoms with Crippen LogP contribution in [0.2, 0.25) is 0 Å². The summed E-state index contributed by atoms with van der Waals surface area (Å²) in [5, 5.41) is 17.0. The molecule has 7 nitrogen and oxygen atoms in total. The Balaban J connectivity index is 1.97. The van der Waals surface area contributed by atoms with Gasteiger partial charge in [0, 0.05) is 37.6 Å². The van der Waals surface area contributed by atoms with Crippen molar-refractivity contribution in [1.82, 2.24) is 15.1 Å². The number of rotatable bonds is 12. The largest absolute Gasteiger partial charge is 0.491 e. The monoisotopic (exact) mass is 476 g/mol. The van der Waals surface area contributed by atoms with Gasteiger partial charge in [0.15, 0.2) is 11.6 Å². The summed E-state index contributed by atoms with van der Waals surface area (Å²) >= 11 is 0. The summed E-state index contributed by atoms with van der Waals surface area (Å²) in [6.45, 7) is 3.36. The van der Waals surface area contributed by atoms with Gasteiger partial charge in [-0.1, -0.05) is 31.5 Å². The van der Waals surface area contributed by atoms with E-state index in [9.17, 15) is 14.4 Å². The van der Waals surface area contributed by atoms with E-state index < -0.39 is 11.7 Å². The number of aromatic nitrogens is 2. The average Bonchev–Trinajstić information content (AvgIpc) is 3.30. The molecule has 1 aromatic heterocycles. The van der Waals surface area contributed by atoms with Crippen LogP contribution < -0.4 is 10.1 Å². The molecule has 0 saturated carbocycles. The molecule has 1 N–H and O–H groups in total. The van der Waals surface area contributed by atoms with E-state index >= 15 is 0 Å². The second-order valence-corrected chi connectivity index (χ2v) is 7.83.